The molecule has 0 fully saturated rings. The maximum atomic E-state index is 4.01. The molecule has 0 atom stereocenters. The lowest BCUT2D eigenvalue weighted by Crippen LogP contribution is -1.93. The van der Waals surface area contributed by atoms with Crippen molar-refractivity contribution < 1.29 is 0 Å². The Balaban J connectivity index is 2.29. The van der Waals surface area contributed by atoms with Gasteiger partial charge in [-0.25, -0.2) is 0 Å². The summed E-state index contributed by atoms with van der Waals surface area (Å²) in [6.45, 7) is 4.01. The highest BCUT2D eigenvalue weighted by Crippen LogP contribution is 2.33. The van der Waals surface area contributed by atoms with E-state index in [1.807, 2.05) is 22.7 Å². The molecule has 2 rings (SSSR count). The van der Waals surface area contributed by atoms with Gasteiger partial charge in [-0.15, -0.1) is 22.7 Å². The first-order valence-corrected chi connectivity index (χ1v) is 6.04. The lowest BCUT2D eigenvalue weighted by Gasteiger charge is -2.09. The van der Waals surface area contributed by atoms with Crippen molar-refractivity contribution in [1.29, 1.82) is 0 Å². The van der Waals surface area contributed by atoms with Gasteiger partial charge in [-0.3, -0.25) is 0 Å². The molecule has 0 aliphatic heterocycles. The monoisotopic (exact) mass is 207 g/mol. The SMILES string of the molecule is [CH2]CC(c1cccs1)c1cccs1. The summed E-state index contributed by atoms with van der Waals surface area (Å²) in [5, 5.41) is 4.26. The molecule has 13 heavy (non-hydrogen) atoms. The van der Waals surface area contributed by atoms with E-state index >= 15 is 0 Å². The number of thiophene rings is 2. The summed E-state index contributed by atoms with van der Waals surface area (Å²) in [7, 11) is 0. The van der Waals surface area contributed by atoms with Gasteiger partial charge in [-0.1, -0.05) is 19.1 Å². The Morgan fingerprint density at radius 3 is 1.92 bits per heavy atom. The van der Waals surface area contributed by atoms with Crippen LogP contribution in [0.2, 0.25) is 0 Å². The van der Waals surface area contributed by atoms with Crippen LogP contribution in [0.5, 0.6) is 0 Å². The predicted octanol–water partition coefficient (Wildman–Crippen LogP) is 4.17. The van der Waals surface area contributed by atoms with E-state index in [-0.39, 0.29) is 0 Å². The maximum absolute atomic E-state index is 4.01. The molecule has 0 bridgehead atoms. The largest absolute Gasteiger partial charge is 0.148 e. The van der Waals surface area contributed by atoms with Crippen molar-refractivity contribution in [2.75, 3.05) is 0 Å². The molecule has 0 aliphatic rings. The van der Waals surface area contributed by atoms with Crippen LogP contribution in [-0.4, -0.2) is 0 Å². The number of hydrogen-bond donors (Lipinski definition) is 0. The van der Waals surface area contributed by atoms with Crippen LogP contribution < -0.4 is 0 Å². The standard InChI is InChI=1S/C11H11S2/c1-2-9(10-5-3-7-12-10)11-6-4-8-13-11/h3-9H,1-2H2. The Kier molecular flexibility index (Phi) is 2.81. The summed E-state index contributed by atoms with van der Waals surface area (Å²) in [6.07, 6.45) is 0.945. The second kappa shape index (κ2) is 4.07. The first-order chi connectivity index (χ1) is 6.42. The van der Waals surface area contributed by atoms with Crippen molar-refractivity contribution in [1.82, 2.24) is 0 Å². The van der Waals surface area contributed by atoms with Crippen LogP contribution in [0.15, 0.2) is 35.0 Å². The van der Waals surface area contributed by atoms with E-state index < -0.39 is 0 Å². The zero-order chi connectivity index (χ0) is 9.10. The van der Waals surface area contributed by atoms with Crippen LogP contribution in [0.4, 0.5) is 0 Å². The lowest BCUT2D eigenvalue weighted by atomic mass is 10.0. The van der Waals surface area contributed by atoms with Gasteiger partial charge in [0.25, 0.3) is 0 Å². The molecule has 0 aromatic carbocycles. The van der Waals surface area contributed by atoms with Gasteiger partial charge in [0.05, 0.1) is 0 Å². The van der Waals surface area contributed by atoms with E-state index in [1.165, 1.54) is 9.75 Å². The van der Waals surface area contributed by atoms with Gasteiger partial charge in [0.2, 0.25) is 0 Å². The predicted molar refractivity (Wildman–Crippen MR) is 60.5 cm³/mol. The molecule has 2 aromatic rings. The molecule has 0 N–H and O–H groups in total. The zero-order valence-corrected chi connectivity index (χ0v) is 8.91. The number of hydrogen-bond acceptors (Lipinski definition) is 2. The highest BCUT2D eigenvalue weighted by atomic mass is 32.1. The average molecular weight is 207 g/mol. The normalized spacial score (nSPS) is 10.9. The Morgan fingerprint density at radius 1 is 1.08 bits per heavy atom. The molecule has 2 aromatic heterocycles. The second-order valence-corrected chi connectivity index (χ2v) is 4.83. The lowest BCUT2D eigenvalue weighted by molar-refractivity contribution is 0.865. The maximum Gasteiger partial charge on any atom is 0.0278 e. The van der Waals surface area contributed by atoms with Crippen molar-refractivity contribution in [3.63, 3.8) is 0 Å². The van der Waals surface area contributed by atoms with Crippen molar-refractivity contribution in [3.05, 3.63) is 51.7 Å². The van der Waals surface area contributed by atoms with Crippen LogP contribution in [0.1, 0.15) is 22.1 Å². The van der Waals surface area contributed by atoms with E-state index in [1.54, 1.807) is 0 Å². The van der Waals surface area contributed by atoms with Gasteiger partial charge in [0.1, 0.15) is 0 Å². The fourth-order valence-corrected chi connectivity index (χ4v) is 3.24. The van der Waals surface area contributed by atoms with E-state index in [4.69, 9.17) is 0 Å². The van der Waals surface area contributed by atoms with Crippen molar-refractivity contribution in [2.24, 2.45) is 0 Å². The van der Waals surface area contributed by atoms with E-state index in [0.29, 0.717) is 5.92 Å². The van der Waals surface area contributed by atoms with E-state index in [0.717, 1.165) is 6.42 Å². The molecule has 0 nitrogen and oxygen atoms in total. The molecule has 0 spiro atoms. The van der Waals surface area contributed by atoms with E-state index in [2.05, 4.69) is 41.9 Å². The Morgan fingerprint density at radius 2 is 1.62 bits per heavy atom. The molecule has 67 valence electrons. The summed E-state index contributed by atoms with van der Waals surface area (Å²) in [4.78, 5) is 2.86. The third-order valence-electron chi connectivity index (χ3n) is 2.06. The summed E-state index contributed by atoms with van der Waals surface area (Å²) in [5.41, 5.74) is 0. The van der Waals surface area contributed by atoms with Gasteiger partial charge >= 0.3 is 0 Å². The fraction of sp³-hybridized carbons (Fsp3) is 0.182. The minimum Gasteiger partial charge on any atom is -0.148 e. The molecule has 0 unspecified atom stereocenters. The highest BCUT2D eigenvalue weighted by Gasteiger charge is 2.13. The van der Waals surface area contributed by atoms with Crippen molar-refractivity contribution in [3.8, 4) is 0 Å². The van der Waals surface area contributed by atoms with Crippen molar-refractivity contribution >= 4 is 22.7 Å². The minimum absolute atomic E-state index is 0.514. The molecule has 0 saturated carbocycles. The Labute approximate surface area is 86.9 Å². The van der Waals surface area contributed by atoms with Crippen LogP contribution in [0.25, 0.3) is 0 Å². The third kappa shape index (κ3) is 1.84. The summed E-state index contributed by atoms with van der Waals surface area (Å²) < 4.78 is 0. The van der Waals surface area contributed by atoms with Gasteiger partial charge in [0, 0.05) is 15.7 Å². The Bertz CT molecular complexity index is 298. The topological polar surface area (TPSA) is 0 Å². The highest BCUT2D eigenvalue weighted by molar-refractivity contribution is 7.11. The van der Waals surface area contributed by atoms with Gasteiger partial charge < -0.3 is 0 Å². The third-order valence-corrected chi connectivity index (χ3v) is 4.03. The van der Waals surface area contributed by atoms with Crippen LogP contribution in [0.3, 0.4) is 0 Å². The first kappa shape index (κ1) is 8.97. The van der Waals surface area contributed by atoms with Crippen LogP contribution >= 0.6 is 22.7 Å². The fourth-order valence-electron chi connectivity index (χ4n) is 1.40. The smallest absolute Gasteiger partial charge is 0.0278 e. The number of rotatable bonds is 3. The zero-order valence-electron chi connectivity index (χ0n) is 7.27. The average Bonchev–Trinajstić information content (AvgIpc) is 2.76. The Hall–Kier alpha value is -0.600. The molecule has 2 heteroatoms. The molecule has 1 radical (unpaired) electrons. The molecule has 0 aliphatic carbocycles. The van der Waals surface area contributed by atoms with Crippen molar-refractivity contribution in [2.45, 2.75) is 12.3 Å². The van der Waals surface area contributed by atoms with Crippen LogP contribution in [-0.2, 0) is 0 Å². The van der Waals surface area contributed by atoms with Crippen LogP contribution in [0, 0.1) is 6.92 Å². The minimum atomic E-state index is 0.514. The molecule has 2 heterocycles. The quantitative estimate of drug-likeness (QED) is 0.708. The van der Waals surface area contributed by atoms with Gasteiger partial charge in [-0.05, 0) is 29.3 Å². The van der Waals surface area contributed by atoms with E-state index in [9.17, 15) is 0 Å². The summed E-state index contributed by atoms with van der Waals surface area (Å²) in [5.74, 6) is 0.514. The summed E-state index contributed by atoms with van der Waals surface area (Å²) >= 11 is 3.64. The summed E-state index contributed by atoms with van der Waals surface area (Å²) in [6, 6.07) is 8.60. The molecule has 0 saturated heterocycles. The molecule has 0 amide bonds. The first-order valence-electron chi connectivity index (χ1n) is 4.28. The van der Waals surface area contributed by atoms with Gasteiger partial charge in [0.15, 0.2) is 0 Å². The second-order valence-electron chi connectivity index (χ2n) is 2.87. The van der Waals surface area contributed by atoms with Gasteiger partial charge in [-0.2, -0.15) is 0 Å². The molecular weight excluding hydrogens is 196 g/mol. The molecular formula is C11H11S2.